The van der Waals surface area contributed by atoms with E-state index in [1.54, 1.807) is 6.07 Å². The van der Waals surface area contributed by atoms with Gasteiger partial charge in [-0.05, 0) is 45.9 Å². The Morgan fingerprint density at radius 2 is 1.76 bits per heavy atom. The van der Waals surface area contributed by atoms with E-state index in [-0.39, 0.29) is 5.97 Å². The molecule has 0 amide bonds. The molecule has 0 spiro atoms. The van der Waals surface area contributed by atoms with Crippen LogP contribution in [0.2, 0.25) is 0 Å². The monoisotopic (exact) mass is 338 g/mol. The van der Waals surface area contributed by atoms with Crippen LogP contribution in [0.15, 0.2) is 48.5 Å². The molecule has 0 N–H and O–H groups in total. The molecule has 0 atom stereocenters. The Morgan fingerprint density at radius 3 is 2.35 bits per heavy atom. The Morgan fingerprint density at radius 1 is 1.06 bits per heavy atom. The topological polar surface area (TPSA) is 26.3 Å². The molecule has 2 aromatic rings. The molecule has 2 rings (SSSR count). The first-order valence-corrected chi connectivity index (χ1v) is 6.23. The molecule has 0 saturated carbocycles. The van der Waals surface area contributed by atoms with Crippen molar-refractivity contribution in [2.45, 2.75) is 0 Å². The van der Waals surface area contributed by atoms with E-state index < -0.39 is 0 Å². The molecule has 0 radical (unpaired) electrons. The van der Waals surface area contributed by atoms with E-state index in [1.807, 2.05) is 42.5 Å². The van der Waals surface area contributed by atoms with E-state index in [4.69, 9.17) is 4.74 Å². The van der Waals surface area contributed by atoms with Crippen molar-refractivity contribution in [2.75, 3.05) is 7.11 Å². The fourth-order valence-corrected chi connectivity index (χ4v) is 2.34. The summed E-state index contributed by atoms with van der Waals surface area (Å²) in [6.07, 6.45) is 0. The number of ether oxygens (including phenoxy) is 1. The van der Waals surface area contributed by atoms with Crippen LogP contribution < -0.4 is 0 Å². The molecule has 0 aliphatic heterocycles. The van der Waals surface area contributed by atoms with Crippen LogP contribution in [0.4, 0.5) is 0 Å². The third-order valence-electron chi connectivity index (χ3n) is 2.48. The Bertz CT molecular complexity index is 535. The molecule has 0 aromatic heterocycles. The highest BCUT2D eigenvalue weighted by Gasteiger charge is 2.10. The van der Waals surface area contributed by atoms with E-state index in [2.05, 4.69) is 22.6 Å². The number of esters is 1. The lowest BCUT2D eigenvalue weighted by molar-refractivity contribution is 0.0599. The summed E-state index contributed by atoms with van der Waals surface area (Å²) in [6.45, 7) is 0. The molecule has 0 aliphatic rings. The predicted octanol–water partition coefficient (Wildman–Crippen LogP) is 3.74. The summed E-state index contributed by atoms with van der Waals surface area (Å²) in [7, 11) is 1.39. The zero-order chi connectivity index (χ0) is 12.3. The molecule has 86 valence electrons. The average Bonchev–Trinajstić information content (AvgIpc) is 2.39. The average molecular weight is 338 g/mol. The highest BCUT2D eigenvalue weighted by Crippen LogP contribution is 2.23. The summed E-state index contributed by atoms with van der Waals surface area (Å²) in [6, 6.07) is 15.8. The second kappa shape index (κ2) is 5.31. The molecule has 0 fully saturated rings. The second-order valence-electron chi connectivity index (χ2n) is 3.55. The van der Waals surface area contributed by atoms with Gasteiger partial charge in [-0.1, -0.05) is 36.4 Å². The summed E-state index contributed by atoms with van der Waals surface area (Å²) in [5.41, 5.74) is 2.84. The zero-order valence-corrected chi connectivity index (χ0v) is 11.5. The molecule has 0 unspecified atom stereocenters. The smallest absolute Gasteiger partial charge is 0.338 e. The number of hydrogen-bond acceptors (Lipinski definition) is 2. The number of hydrogen-bond donors (Lipinski definition) is 0. The standard InChI is InChI=1S/C14H11IO2/c1-17-14(16)12-8-7-11(9-13(12)15)10-5-3-2-4-6-10/h2-9H,1H3. The van der Waals surface area contributed by atoms with E-state index in [9.17, 15) is 4.79 Å². The van der Waals surface area contributed by atoms with Gasteiger partial charge in [-0.25, -0.2) is 4.79 Å². The molecule has 2 aromatic carbocycles. The first-order valence-electron chi connectivity index (χ1n) is 5.15. The fourth-order valence-electron chi connectivity index (χ4n) is 1.60. The van der Waals surface area contributed by atoms with Gasteiger partial charge >= 0.3 is 5.97 Å². The summed E-state index contributed by atoms with van der Waals surface area (Å²) in [5.74, 6) is -0.297. The third kappa shape index (κ3) is 2.66. The van der Waals surface area contributed by atoms with Gasteiger partial charge in [-0.2, -0.15) is 0 Å². The summed E-state index contributed by atoms with van der Waals surface area (Å²) in [5, 5.41) is 0. The van der Waals surface area contributed by atoms with Gasteiger partial charge in [0, 0.05) is 3.57 Å². The highest BCUT2D eigenvalue weighted by molar-refractivity contribution is 14.1. The number of carbonyl (C=O) groups excluding carboxylic acids is 1. The minimum absolute atomic E-state index is 0.297. The number of benzene rings is 2. The van der Waals surface area contributed by atoms with Crippen molar-refractivity contribution in [1.82, 2.24) is 0 Å². The van der Waals surface area contributed by atoms with Gasteiger partial charge in [0.2, 0.25) is 0 Å². The van der Waals surface area contributed by atoms with Gasteiger partial charge in [0.25, 0.3) is 0 Å². The van der Waals surface area contributed by atoms with Gasteiger partial charge in [0.05, 0.1) is 12.7 Å². The van der Waals surface area contributed by atoms with Crippen molar-refractivity contribution in [3.05, 3.63) is 57.7 Å². The van der Waals surface area contributed by atoms with Crippen molar-refractivity contribution < 1.29 is 9.53 Å². The maximum atomic E-state index is 11.5. The van der Waals surface area contributed by atoms with E-state index in [0.29, 0.717) is 5.56 Å². The molecular weight excluding hydrogens is 327 g/mol. The molecule has 0 bridgehead atoms. The highest BCUT2D eigenvalue weighted by atomic mass is 127. The van der Waals surface area contributed by atoms with E-state index >= 15 is 0 Å². The molecule has 3 heteroatoms. The summed E-state index contributed by atoms with van der Waals surface area (Å²) >= 11 is 2.15. The van der Waals surface area contributed by atoms with Crippen LogP contribution in [-0.4, -0.2) is 13.1 Å². The van der Waals surface area contributed by atoms with E-state index in [0.717, 1.165) is 14.7 Å². The minimum atomic E-state index is -0.297. The van der Waals surface area contributed by atoms with Crippen LogP contribution in [0.1, 0.15) is 10.4 Å². The zero-order valence-electron chi connectivity index (χ0n) is 9.31. The molecule has 0 heterocycles. The first kappa shape index (κ1) is 12.1. The quantitative estimate of drug-likeness (QED) is 0.616. The summed E-state index contributed by atoms with van der Waals surface area (Å²) < 4.78 is 5.62. The third-order valence-corrected chi connectivity index (χ3v) is 3.37. The largest absolute Gasteiger partial charge is 0.465 e. The maximum absolute atomic E-state index is 11.5. The van der Waals surface area contributed by atoms with Gasteiger partial charge in [0.15, 0.2) is 0 Å². The Hall–Kier alpha value is -1.36. The number of carbonyl (C=O) groups is 1. The predicted molar refractivity (Wildman–Crippen MR) is 75.9 cm³/mol. The van der Waals surface area contributed by atoms with Gasteiger partial charge < -0.3 is 4.74 Å². The van der Waals surface area contributed by atoms with Gasteiger partial charge in [0.1, 0.15) is 0 Å². The van der Waals surface area contributed by atoms with Crippen LogP contribution in [0, 0.1) is 3.57 Å². The molecular formula is C14H11IO2. The SMILES string of the molecule is COC(=O)c1ccc(-c2ccccc2)cc1I. The van der Waals surface area contributed by atoms with Crippen LogP contribution >= 0.6 is 22.6 Å². The van der Waals surface area contributed by atoms with Crippen molar-refractivity contribution in [2.24, 2.45) is 0 Å². The van der Waals surface area contributed by atoms with Crippen LogP contribution in [0.3, 0.4) is 0 Å². The lowest BCUT2D eigenvalue weighted by atomic mass is 10.0. The normalized spacial score (nSPS) is 10.0. The van der Waals surface area contributed by atoms with E-state index in [1.165, 1.54) is 7.11 Å². The molecule has 2 nitrogen and oxygen atoms in total. The van der Waals surface area contributed by atoms with Crippen molar-refractivity contribution in [1.29, 1.82) is 0 Å². The first-order chi connectivity index (χ1) is 8.22. The van der Waals surface area contributed by atoms with Crippen LogP contribution in [0.25, 0.3) is 11.1 Å². The van der Waals surface area contributed by atoms with Gasteiger partial charge in [-0.3, -0.25) is 0 Å². The fraction of sp³-hybridized carbons (Fsp3) is 0.0714. The van der Waals surface area contributed by atoms with Gasteiger partial charge in [-0.15, -0.1) is 0 Å². The molecule has 0 aliphatic carbocycles. The lowest BCUT2D eigenvalue weighted by Gasteiger charge is -2.06. The molecule has 0 saturated heterocycles. The maximum Gasteiger partial charge on any atom is 0.338 e. The summed E-state index contributed by atoms with van der Waals surface area (Å²) in [4.78, 5) is 11.5. The number of methoxy groups -OCH3 is 1. The minimum Gasteiger partial charge on any atom is -0.465 e. The Balaban J connectivity index is 2.41. The van der Waals surface area contributed by atoms with Crippen LogP contribution in [0.5, 0.6) is 0 Å². The van der Waals surface area contributed by atoms with Crippen molar-refractivity contribution in [3.63, 3.8) is 0 Å². The number of halogens is 1. The second-order valence-corrected chi connectivity index (χ2v) is 4.71. The van der Waals surface area contributed by atoms with Crippen LogP contribution in [-0.2, 0) is 4.74 Å². The molecule has 17 heavy (non-hydrogen) atoms. The van der Waals surface area contributed by atoms with Crippen molar-refractivity contribution in [3.8, 4) is 11.1 Å². The Labute approximate surface area is 114 Å². The Kier molecular flexibility index (Phi) is 3.78. The number of rotatable bonds is 2. The van der Waals surface area contributed by atoms with Crippen molar-refractivity contribution >= 4 is 28.6 Å². The lowest BCUT2D eigenvalue weighted by Crippen LogP contribution is -2.03.